The van der Waals surface area contributed by atoms with E-state index >= 15 is 0 Å². The Morgan fingerprint density at radius 2 is 1.68 bits per heavy atom. The number of nitrogens with one attached hydrogen (secondary N) is 1. The molecular weight excluding hydrogens is 234 g/mol. The van der Waals surface area contributed by atoms with E-state index in [4.69, 9.17) is 0 Å². The van der Waals surface area contributed by atoms with E-state index in [0.717, 1.165) is 19.0 Å². The fourth-order valence-electron chi connectivity index (χ4n) is 2.89. The van der Waals surface area contributed by atoms with Crippen LogP contribution >= 0.6 is 0 Å². The Balaban J connectivity index is 2.27. The van der Waals surface area contributed by atoms with Crippen molar-refractivity contribution in [2.75, 3.05) is 46.3 Å². The van der Waals surface area contributed by atoms with E-state index in [-0.39, 0.29) is 0 Å². The van der Waals surface area contributed by atoms with E-state index in [1.807, 2.05) is 0 Å². The van der Waals surface area contributed by atoms with Crippen LogP contribution < -0.4 is 5.32 Å². The monoisotopic (exact) mass is 269 g/mol. The molecule has 0 aliphatic carbocycles. The molecule has 1 aliphatic rings. The topological polar surface area (TPSA) is 18.5 Å². The number of likely N-dealkylation sites (tertiary alicyclic amines) is 1. The summed E-state index contributed by atoms with van der Waals surface area (Å²) in [6, 6.07) is 0.654. The Kier molecular flexibility index (Phi) is 7.96. The molecule has 1 rings (SSSR count). The molecule has 0 radical (unpaired) electrons. The van der Waals surface area contributed by atoms with Gasteiger partial charge < -0.3 is 15.1 Å². The van der Waals surface area contributed by atoms with Crippen LogP contribution in [0.4, 0.5) is 0 Å². The lowest BCUT2D eigenvalue weighted by molar-refractivity contribution is 0.165. The Hall–Kier alpha value is -0.120. The molecule has 19 heavy (non-hydrogen) atoms. The molecular formula is C16H35N3. The van der Waals surface area contributed by atoms with Crippen LogP contribution in [0.1, 0.15) is 40.5 Å². The highest BCUT2D eigenvalue weighted by atomic mass is 15.2. The van der Waals surface area contributed by atoms with Crippen molar-refractivity contribution in [1.29, 1.82) is 0 Å². The molecule has 0 saturated carbocycles. The van der Waals surface area contributed by atoms with Crippen molar-refractivity contribution in [3.05, 3.63) is 0 Å². The number of hydrogen-bond acceptors (Lipinski definition) is 3. The van der Waals surface area contributed by atoms with Crippen LogP contribution in [-0.2, 0) is 0 Å². The molecule has 3 nitrogen and oxygen atoms in total. The van der Waals surface area contributed by atoms with Gasteiger partial charge in [0.25, 0.3) is 0 Å². The zero-order valence-corrected chi connectivity index (χ0v) is 13.8. The molecule has 1 fully saturated rings. The lowest BCUT2D eigenvalue weighted by Gasteiger charge is -2.33. The second-order valence-electron chi connectivity index (χ2n) is 6.89. The van der Waals surface area contributed by atoms with Gasteiger partial charge in [-0.1, -0.05) is 27.7 Å². The van der Waals surface area contributed by atoms with E-state index in [9.17, 15) is 0 Å². The molecule has 114 valence electrons. The smallest absolute Gasteiger partial charge is 0.0241 e. The molecule has 0 bridgehead atoms. The fraction of sp³-hybridized carbons (Fsp3) is 1.00. The number of rotatable bonds is 9. The minimum Gasteiger partial charge on any atom is -0.315 e. The third kappa shape index (κ3) is 6.73. The summed E-state index contributed by atoms with van der Waals surface area (Å²) in [5.74, 6) is 1.45. The molecule has 1 saturated heterocycles. The predicted octanol–water partition coefficient (Wildman–Crippen LogP) is 2.28. The van der Waals surface area contributed by atoms with Crippen LogP contribution in [0.5, 0.6) is 0 Å². The first-order valence-corrected chi connectivity index (χ1v) is 8.14. The quantitative estimate of drug-likeness (QED) is 0.693. The number of nitrogens with zero attached hydrogens (tertiary/aromatic N) is 2. The van der Waals surface area contributed by atoms with E-state index in [2.05, 4.69) is 49.9 Å². The highest BCUT2D eigenvalue weighted by Gasteiger charge is 2.19. The van der Waals surface area contributed by atoms with E-state index < -0.39 is 0 Å². The van der Waals surface area contributed by atoms with Crippen LogP contribution in [0, 0.1) is 11.8 Å². The van der Waals surface area contributed by atoms with E-state index in [0.29, 0.717) is 12.0 Å². The Labute approximate surface area is 120 Å². The van der Waals surface area contributed by atoms with Gasteiger partial charge in [-0.3, -0.25) is 0 Å². The summed E-state index contributed by atoms with van der Waals surface area (Å²) >= 11 is 0. The van der Waals surface area contributed by atoms with Crippen molar-refractivity contribution in [1.82, 2.24) is 15.1 Å². The molecule has 0 amide bonds. The van der Waals surface area contributed by atoms with Gasteiger partial charge in [0.05, 0.1) is 0 Å². The zero-order valence-electron chi connectivity index (χ0n) is 13.8. The minimum atomic E-state index is 0.654. The molecule has 0 aromatic heterocycles. The van der Waals surface area contributed by atoms with Gasteiger partial charge in [-0.25, -0.2) is 0 Å². The molecule has 1 heterocycles. The van der Waals surface area contributed by atoms with Crippen LogP contribution in [0.25, 0.3) is 0 Å². The summed E-state index contributed by atoms with van der Waals surface area (Å²) in [7, 11) is 2.29. The van der Waals surface area contributed by atoms with Crippen molar-refractivity contribution in [3.8, 4) is 0 Å². The van der Waals surface area contributed by atoms with Crippen LogP contribution in [0.15, 0.2) is 0 Å². The largest absolute Gasteiger partial charge is 0.315 e. The van der Waals surface area contributed by atoms with Gasteiger partial charge in [0.15, 0.2) is 0 Å². The van der Waals surface area contributed by atoms with Gasteiger partial charge in [0, 0.05) is 25.7 Å². The van der Waals surface area contributed by atoms with Gasteiger partial charge >= 0.3 is 0 Å². The summed E-state index contributed by atoms with van der Waals surface area (Å²) in [5, 5.41) is 3.62. The maximum atomic E-state index is 3.62. The van der Waals surface area contributed by atoms with Crippen LogP contribution in [-0.4, -0.2) is 62.2 Å². The summed E-state index contributed by atoms with van der Waals surface area (Å²) in [6.45, 7) is 16.5. The molecule has 1 aliphatic heterocycles. The van der Waals surface area contributed by atoms with E-state index in [1.54, 1.807) is 0 Å². The predicted molar refractivity (Wildman–Crippen MR) is 84.6 cm³/mol. The second-order valence-corrected chi connectivity index (χ2v) is 6.89. The average molecular weight is 269 g/mol. The first-order chi connectivity index (χ1) is 9.00. The third-order valence-electron chi connectivity index (χ3n) is 4.21. The maximum Gasteiger partial charge on any atom is 0.0241 e. The van der Waals surface area contributed by atoms with Crippen molar-refractivity contribution in [3.63, 3.8) is 0 Å². The summed E-state index contributed by atoms with van der Waals surface area (Å²) in [5.41, 5.74) is 0. The number of likely N-dealkylation sites (N-methyl/N-ethyl adjacent to an activating group) is 1. The van der Waals surface area contributed by atoms with E-state index in [1.165, 1.54) is 39.0 Å². The Bertz CT molecular complexity index is 222. The molecule has 1 N–H and O–H groups in total. The summed E-state index contributed by atoms with van der Waals surface area (Å²) < 4.78 is 0. The van der Waals surface area contributed by atoms with Gasteiger partial charge in [-0.05, 0) is 51.4 Å². The lowest BCUT2D eigenvalue weighted by atomic mass is 10.0. The average Bonchev–Trinajstić information content (AvgIpc) is 2.84. The lowest BCUT2D eigenvalue weighted by Crippen LogP contribution is -2.46. The molecule has 0 aromatic rings. The van der Waals surface area contributed by atoms with Crippen LogP contribution in [0.3, 0.4) is 0 Å². The van der Waals surface area contributed by atoms with Crippen LogP contribution in [0.2, 0.25) is 0 Å². The fourth-order valence-corrected chi connectivity index (χ4v) is 2.89. The van der Waals surface area contributed by atoms with Crippen molar-refractivity contribution < 1.29 is 0 Å². The molecule has 1 unspecified atom stereocenters. The Morgan fingerprint density at radius 1 is 1.05 bits per heavy atom. The molecule has 1 atom stereocenters. The molecule has 3 heteroatoms. The zero-order chi connectivity index (χ0) is 14.3. The highest BCUT2D eigenvalue weighted by molar-refractivity contribution is 4.77. The second kappa shape index (κ2) is 8.93. The Morgan fingerprint density at radius 3 is 2.21 bits per heavy atom. The molecule has 0 aromatic carbocycles. The van der Waals surface area contributed by atoms with Crippen molar-refractivity contribution in [2.45, 2.75) is 46.6 Å². The maximum absolute atomic E-state index is 3.62. The molecule has 0 spiro atoms. The van der Waals surface area contributed by atoms with Crippen molar-refractivity contribution in [2.24, 2.45) is 11.8 Å². The van der Waals surface area contributed by atoms with Gasteiger partial charge in [-0.2, -0.15) is 0 Å². The third-order valence-corrected chi connectivity index (χ3v) is 4.21. The van der Waals surface area contributed by atoms with Gasteiger partial charge in [0.1, 0.15) is 0 Å². The SMILES string of the molecule is CC(C)CNCC(C(C)C)N(C)CCN1CCCC1. The first kappa shape index (κ1) is 16.9. The highest BCUT2D eigenvalue weighted by Crippen LogP contribution is 2.11. The van der Waals surface area contributed by atoms with Crippen molar-refractivity contribution >= 4 is 0 Å². The summed E-state index contributed by atoms with van der Waals surface area (Å²) in [6.07, 6.45) is 2.79. The standard InChI is InChI=1S/C16H35N3/c1-14(2)12-17-13-16(15(3)4)18(5)10-11-19-8-6-7-9-19/h14-17H,6-13H2,1-5H3. The van der Waals surface area contributed by atoms with Gasteiger partial charge in [-0.15, -0.1) is 0 Å². The number of hydrogen-bond donors (Lipinski definition) is 1. The van der Waals surface area contributed by atoms with Gasteiger partial charge in [0.2, 0.25) is 0 Å². The minimum absolute atomic E-state index is 0.654. The normalized spacial score (nSPS) is 18.9. The summed E-state index contributed by atoms with van der Waals surface area (Å²) in [4.78, 5) is 5.16. The first-order valence-electron chi connectivity index (χ1n) is 8.14.